The van der Waals surface area contributed by atoms with Gasteiger partial charge in [0.1, 0.15) is 11.6 Å². The molecule has 12 nitrogen and oxygen atoms in total. The van der Waals surface area contributed by atoms with Gasteiger partial charge in [-0.1, -0.05) is 24.3 Å². The van der Waals surface area contributed by atoms with E-state index in [-0.39, 0.29) is 23.6 Å². The van der Waals surface area contributed by atoms with Gasteiger partial charge in [0.25, 0.3) is 5.91 Å². The molecule has 12 heteroatoms. The lowest BCUT2D eigenvalue weighted by Gasteiger charge is -2.28. The van der Waals surface area contributed by atoms with Crippen molar-refractivity contribution in [2.75, 3.05) is 57.9 Å². The van der Waals surface area contributed by atoms with E-state index in [1.165, 1.54) is 10.9 Å². The second-order valence-electron chi connectivity index (χ2n) is 10.1. The Hall–Kier alpha value is -4.03. The van der Waals surface area contributed by atoms with Crippen molar-refractivity contribution >= 4 is 23.6 Å². The van der Waals surface area contributed by atoms with Crippen LogP contribution in [0, 0.1) is 12.3 Å². The molecule has 2 aliphatic rings. The molecule has 0 spiro atoms. The fourth-order valence-corrected chi connectivity index (χ4v) is 5.02. The molecule has 5 rings (SSSR count). The van der Waals surface area contributed by atoms with Gasteiger partial charge in [0.15, 0.2) is 5.82 Å². The number of hydrogen-bond acceptors (Lipinski definition) is 9. The van der Waals surface area contributed by atoms with Crippen LogP contribution in [0.4, 0.5) is 5.95 Å². The van der Waals surface area contributed by atoms with Crippen LogP contribution in [-0.4, -0.2) is 95.2 Å². The minimum Gasteiger partial charge on any atom is -0.469 e. The number of carbonyl (C=O) groups excluding carboxylic acids is 2. The topological polar surface area (TPSA) is 147 Å². The number of amides is 1. The molecular weight excluding hydrogens is 500 g/mol. The van der Waals surface area contributed by atoms with Crippen molar-refractivity contribution in [2.45, 2.75) is 25.8 Å². The van der Waals surface area contributed by atoms with Gasteiger partial charge < -0.3 is 24.7 Å². The van der Waals surface area contributed by atoms with Gasteiger partial charge in [-0.2, -0.15) is 9.67 Å². The molecule has 1 atom stereocenters. The number of anilines is 1. The predicted molar refractivity (Wildman–Crippen MR) is 144 cm³/mol. The first kappa shape index (κ1) is 26.6. The maximum atomic E-state index is 13.5. The smallest absolute Gasteiger partial charge is 0.284 e. The summed E-state index contributed by atoms with van der Waals surface area (Å²) >= 11 is 0. The van der Waals surface area contributed by atoms with Crippen LogP contribution in [0.1, 0.15) is 45.4 Å². The minimum atomic E-state index is -0.314. The van der Waals surface area contributed by atoms with E-state index >= 15 is 0 Å². The van der Waals surface area contributed by atoms with Gasteiger partial charge in [0.05, 0.1) is 31.6 Å². The zero-order valence-corrected chi connectivity index (χ0v) is 22.3. The normalized spacial score (nSPS) is 17.9. The summed E-state index contributed by atoms with van der Waals surface area (Å²) in [6.07, 6.45) is 2.29. The Balaban J connectivity index is 1.35. The van der Waals surface area contributed by atoms with E-state index < -0.39 is 0 Å². The summed E-state index contributed by atoms with van der Waals surface area (Å²) in [5.41, 5.74) is 7.63. The largest absolute Gasteiger partial charge is 0.469 e. The van der Waals surface area contributed by atoms with E-state index in [4.69, 9.17) is 25.3 Å². The Morgan fingerprint density at radius 1 is 1.15 bits per heavy atom. The van der Waals surface area contributed by atoms with Crippen LogP contribution < -0.4 is 10.6 Å². The third-order valence-electron chi connectivity index (χ3n) is 7.27. The number of nitrogens with two attached hydrogens (primary N) is 1. The van der Waals surface area contributed by atoms with Gasteiger partial charge in [0, 0.05) is 44.7 Å². The molecule has 39 heavy (non-hydrogen) atoms. The number of likely N-dealkylation sites (tertiary alicyclic amines) is 1. The molecule has 2 aromatic heterocycles. The van der Waals surface area contributed by atoms with Crippen molar-refractivity contribution in [3.8, 4) is 0 Å². The van der Waals surface area contributed by atoms with Crippen LogP contribution >= 0.6 is 0 Å². The van der Waals surface area contributed by atoms with E-state index in [1.807, 2.05) is 29.0 Å². The first-order valence-electron chi connectivity index (χ1n) is 13.1. The first-order valence-corrected chi connectivity index (χ1v) is 13.1. The van der Waals surface area contributed by atoms with Crippen LogP contribution in [0.25, 0.3) is 0 Å². The monoisotopic (exact) mass is 534 g/mol. The highest BCUT2D eigenvalue weighted by atomic mass is 16.5. The molecule has 0 radical (unpaired) electrons. The van der Waals surface area contributed by atoms with Crippen LogP contribution in [0.5, 0.6) is 0 Å². The predicted octanol–water partition coefficient (Wildman–Crippen LogP) is 1.44. The van der Waals surface area contributed by atoms with E-state index in [2.05, 4.69) is 10.00 Å². The number of furan rings is 1. The Bertz CT molecular complexity index is 1340. The number of nitrogen functional groups attached to an aromatic ring is 1. The highest BCUT2D eigenvalue weighted by molar-refractivity contribution is 5.97. The lowest BCUT2D eigenvalue weighted by molar-refractivity contribution is -0.136. The number of carbonyl (C=O) groups is 2. The van der Waals surface area contributed by atoms with Gasteiger partial charge >= 0.3 is 0 Å². The minimum absolute atomic E-state index is 0.00369. The fraction of sp³-hybridized carbons (Fsp3) is 0.444. The van der Waals surface area contributed by atoms with Crippen LogP contribution in [0.2, 0.25) is 0 Å². The molecule has 206 valence electrons. The molecule has 2 fully saturated rings. The van der Waals surface area contributed by atoms with Crippen LogP contribution in [0.15, 0.2) is 41.0 Å². The quantitative estimate of drug-likeness (QED) is 0.324. The zero-order chi connectivity index (χ0) is 27.5. The number of aryl methyl sites for hydroxylation is 1. The molecule has 3 aromatic rings. The average molecular weight is 535 g/mol. The molecule has 4 heterocycles. The summed E-state index contributed by atoms with van der Waals surface area (Å²) in [5, 5.41) is 12.3. The van der Waals surface area contributed by atoms with Gasteiger partial charge in [0.2, 0.25) is 11.9 Å². The van der Waals surface area contributed by atoms with Crippen molar-refractivity contribution in [2.24, 2.45) is 5.73 Å². The summed E-state index contributed by atoms with van der Waals surface area (Å²) in [7, 11) is 1.86. The van der Waals surface area contributed by atoms with Gasteiger partial charge in [-0.25, -0.2) is 0 Å². The van der Waals surface area contributed by atoms with Crippen molar-refractivity contribution in [1.29, 1.82) is 5.41 Å². The summed E-state index contributed by atoms with van der Waals surface area (Å²) in [6.45, 7) is 6.40. The number of nitrogens with one attached hydrogen (secondary N) is 1. The molecule has 0 bridgehead atoms. The molecule has 2 aliphatic heterocycles. The van der Waals surface area contributed by atoms with Crippen molar-refractivity contribution in [3.05, 3.63) is 64.9 Å². The molecule has 3 N–H and O–H groups in total. The van der Waals surface area contributed by atoms with Crippen molar-refractivity contribution < 1.29 is 18.7 Å². The van der Waals surface area contributed by atoms with E-state index in [9.17, 15) is 9.59 Å². The third-order valence-corrected chi connectivity index (χ3v) is 7.27. The number of nitrogens with zero attached hydrogens (tertiary/aromatic N) is 6. The molecular formula is C27H34N8O4. The highest BCUT2D eigenvalue weighted by Crippen LogP contribution is 2.28. The number of rotatable bonds is 8. The molecule has 2 saturated heterocycles. The number of aromatic nitrogens is 3. The summed E-state index contributed by atoms with van der Waals surface area (Å²) in [5.74, 6) is 1.33. The standard InChI is InChI=1S/C27H34N8O4/c1-18-22(8-12-39-18)26(37)35-27(32(2)15-19-3-5-20(6-4-19)24(28)29)30-25(31-35)21-7-9-33(16-21)17-23(36)34-10-13-38-14-11-34/h3-6,8,12,21H,7,9-11,13-17H2,1-2H3,(H3,28,29). The Kier molecular flexibility index (Phi) is 7.75. The van der Waals surface area contributed by atoms with Gasteiger partial charge in [-0.3, -0.25) is 19.9 Å². The Morgan fingerprint density at radius 2 is 1.90 bits per heavy atom. The van der Waals surface area contributed by atoms with Crippen LogP contribution in [0.3, 0.4) is 0 Å². The molecule has 0 saturated carbocycles. The molecule has 1 amide bonds. The van der Waals surface area contributed by atoms with Gasteiger partial charge in [-0.15, -0.1) is 5.10 Å². The summed E-state index contributed by atoms with van der Waals surface area (Å²) < 4.78 is 12.1. The fourth-order valence-electron chi connectivity index (χ4n) is 5.02. The molecule has 1 unspecified atom stereocenters. The van der Waals surface area contributed by atoms with E-state index in [1.54, 1.807) is 25.1 Å². The molecule has 0 aliphatic carbocycles. The number of amidine groups is 1. The van der Waals surface area contributed by atoms with Crippen LogP contribution in [-0.2, 0) is 16.1 Å². The van der Waals surface area contributed by atoms with Crippen molar-refractivity contribution in [1.82, 2.24) is 24.6 Å². The summed E-state index contributed by atoms with van der Waals surface area (Å²) in [6, 6.07) is 9.03. The maximum absolute atomic E-state index is 13.5. The Morgan fingerprint density at radius 3 is 2.56 bits per heavy atom. The second kappa shape index (κ2) is 11.4. The first-order chi connectivity index (χ1) is 18.8. The maximum Gasteiger partial charge on any atom is 0.284 e. The summed E-state index contributed by atoms with van der Waals surface area (Å²) in [4.78, 5) is 36.9. The Labute approximate surface area is 226 Å². The molecule has 1 aromatic carbocycles. The second-order valence-corrected chi connectivity index (χ2v) is 10.1. The highest BCUT2D eigenvalue weighted by Gasteiger charge is 2.32. The van der Waals surface area contributed by atoms with Gasteiger partial charge in [-0.05, 0) is 31.5 Å². The number of morpholine rings is 1. The third kappa shape index (κ3) is 5.86. The van der Waals surface area contributed by atoms with E-state index in [0.29, 0.717) is 74.6 Å². The van der Waals surface area contributed by atoms with Crippen molar-refractivity contribution in [3.63, 3.8) is 0 Å². The van der Waals surface area contributed by atoms with E-state index in [0.717, 1.165) is 18.5 Å². The average Bonchev–Trinajstić information content (AvgIpc) is 3.69. The lowest BCUT2D eigenvalue weighted by Crippen LogP contribution is -2.45. The number of hydrogen-bond donors (Lipinski definition) is 2. The lowest BCUT2D eigenvalue weighted by atomic mass is 10.1. The SMILES string of the molecule is Cc1occc1C(=O)n1nc(C2CCN(CC(=O)N3CCOCC3)C2)nc1N(C)Cc1ccc(C(=N)N)cc1. The number of benzene rings is 1. The zero-order valence-electron chi connectivity index (χ0n) is 22.3. The number of ether oxygens (including phenoxy) is 1.